The topological polar surface area (TPSA) is 58.4 Å². The molecule has 0 spiro atoms. The molecule has 2 atom stereocenters. The van der Waals surface area contributed by atoms with Crippen molar-refractivity contribution in [3.8, 4) is 0 Å². The van der Waals surface area contributed by atoms with Gasteiger partial charge in [0.2, 0.25) is 5.91 Å². The third-order valence-corrected chi connectivity index (χ3v) is 4.96. The molecule has 1 aromatic rings. The molecule has 0 bridgehead atoms. The number of anilines is 1. The van der Waals surface area contributed by atoms with E-state index < -0.39 is 0 Å². The van der Waals surface area contributed by atoms with Crippen LogP contribution in [-0.4, -0.2) is 36.0 Å². The highest BCUT2D eigenvalue weighted by molar-refractivity contribution is 6.31. The molecule has 130 valence electrons. The van der Waals surface area contributed by atoms with Gasteiger partial charge in [-0.15, -0.1) is 12.4 Å². The molecule has 4 nitrogen and oxygen atoms in total. The van der Waals surface area contributed by atoms with Gasteiger partial charge in [0.1, 0.15) is 0 Å². The van der Waals surface area contributed by atoms with Crippen LogP contribution >= 0.6 is 24.0 Å². The van der Waals surface area contributed by atoms with Gasteiger partial charge in [-0.05, 0) is 43.4 Å². The van der Waals surface area contributed by atoms with Gasteiger partial charge in [0.05, 0.1) is 6.04 Å². The van der Waals surface area contributed by atoms with Crippen molar-refractivity contribution < 1.29 is 4.79 Å². The lowest BCUT2D eigenvalue weighted by atomic mass is 9.79. The molecular weight excluding hydrogens is 333 g/mol. The van der Waals surface area contributed by atoms with E-state index in [1.807, 2.05) is 26.0 Å². The summed E-state index contributed by atoms with van der Waals surface area (Å²) in [5.74, 6) is -0.00311. The van der Waals surface area contributed by atoms with Gasteiger partial charge in [-0.25, -0.2) is 0 Å². The van der Waals surface area contributed by atoms with Crippen LogP contribution in [0, 0.1) is 12.3 Å². The lowest BCUT2D eigenvalue weighted by Crippen LogP contribution is -2.56. The Morgan fingerprint density at radius 1 is 1.48 bits per heavy atom. The summed E-state index contributed by atoms with van der Waals surface area (Å²) >= 11 is 6.01. The van der Waals surface area contributed by atoms with Crippen molar-refractivity contribution in [1.29, 1.82) is 0 Å². The van der Waals surface area contributed by atoms with Gasteiger partial charge in [-0.1, -0.05) is 31.5 Å². The molecule has 2 unspecified atom stereocenters. The third kappa shape index (κ3) is 4.83. The predicted molar refractivity (Wildman–Crippen MR) is 99.5 cm³/mol. The van der Waals surface area contributed by atoms with Crippen LogP contribution in [0.4, 0.5) is 5.69 Å². The number of carbonyl (C=O) groups excluding carboxylic acids is 1. The van der Waals surface area contributed by atoms with Gasteiger partial charge in [0, 0.05) is 29.8 Å². The largest absolute Gasteiger partial charge is 0.327 e. The van der Waals surface area contributed by atoms with Crippen molar-refractivity contribution in [3.63, 3.8) is 0 Å². The van der Waals surface area contributed by atoms with Gasteiger partial charge in [-0.3, -0.25) is 9.69 Å². The number of piperidine rings is 1. The number of hydrogen-bond acceptors (Lipinski definition) is 3. The summed E-state index contributed by atoms with van der Waals surface area (Å²) in [5.41, 5.74) is 7.98. The van der Waals surface area contributed by atoms with Gasteiger partial charge < -0.3 is 11.1 Å². The first-order chi connectivity index (χ1) is 10.2. The molecule has 1 aliphatic rings. The Bertz CT molecular complexity index is 563. The Morgan fingerprint density at radius 3 is 2.74 bits per heavy atom. The van der Waals surface area contributed by atoms with Crippen LogP contribution in [-0.2, 0) is 4.79 Å². The van der Waals surface area contributed by atoms with Crippen LogP contribution < -0.4 is 11.1 Å². The number of carbonyl (C=O) groups is 1. The van der Waals surface area contributed by atoms with Gasteiger partial charge in [0.15, 0.2) is 0 Å². The quantitative estimate of drug-likeness (QED) is 0.868. The Hall–Kier alpha value is -0.810. The van der Waals surface area contributed by atoms with E-state index in [1.165, 1.54) is 0 Å². The van der Waals surface area contributed by atoms with E-state index in [1.54, 1.807) is 6.07 Å². The Kier molecular flexibility index (Phi) is 6.90. The zero-order chi connectivity index (χ0) is 16.5. The summed E-state index contributed by atoms with van der Waals surface area (Å²) in [6.45, 7) is 9.91. The molecule has 1 aromatic carbocycles. The smallest absolute Gasteiger partial charge is 0.241 e. The predicted octanol–water partition coefficient (Wildman–Crippen LogP) is 3.46. The van der Waals surface area contributed by atoms with Crippen LogP contribution in [0.15, 0.2) is 18.2 Å². The highest BCUT2D eigenvalue weighted by Gasteiger charge is 2.36. The maximum atomic E-state index is 12.5. The lowest BCUT2D eigenvalue weighted by Gasteiger charge is -2.44. The summed E-state index contributed by atoms with van der Waals surface area (Å²) in [5, 5.41) is 3.61. The lowest BCUT2D eigenvalue weighted by molar-refractivity contribution is -0.122. The van der Waals surface area contributed by atoms with E-state index in [4.69, 9.17) is 17.3 Å². The number of nitrogens with one attached hydrogen (secondary N) is 1. The number of benzene rings is 1. The minimum atomic E-state index is -0.190. The van der Waals surface area contributed by atoms with Gasteiger partial charge in [-0.2, -0.15) is 0 Å². The Balaban J connectivity index is 0.00000264. The first-order valence-corrected chi connectivity index (χ1v) is 8.15. The molecular formula is C17H27Cl2N3O. The molecule has 23 heavy (non-hydrogen) atoms. The highest BCUT2D eigenvalue weighted by Crippen LogP contribution is 2.29. The van der Waals surface area contributed by atoms with Crippen molar-refractivity contribution in [1.82, 2.24) is 4.90 Å². The van der Waals surface area contributed by atoms with Crippen LogP contribution in [0.3, 0.4) is 0 Å². The first kappa shape index (κ1) is 20.2. The van der Waals surface area contributed by atoms with Crippen molar-refractivity contribution in [2.24, 2.45) is 11.1 Å². The zero-order valence-corrected chi connectivity index (χ0v) is 15.8. The number of hydrogen-bond donors (Lipinski definition) is 2. The molecule has 0 aliphatic carbocycles. The number of nitrogens with two attached hydrogens (primary N) is 1. The maximum absolute atomic E-state index is 12.5. The molecule has 2 rings (SSSR count). The highest BCUT2D eigenvalue weighted by atomic mass is 35.5. The second-order valence-corrected chi connectivity index (χ2v) is 7.42. The monoisotopic (exact) mass is 359 g/mol. The summed E-state index contributed by atoms with van der Waals surface area (Å²) in [6, 6.07) is 5.52. The van der Waals surface area contributed by atoms with E-state index in [-0.39, 0.29) is 35.8 Å². The molecule has 1 fully saturated rings. The Labute approximate surface area is 150 Å². The minimum absolute atomic E-state index is 0. The molecule has 3 N–H and O–H groups in total. The molecule has 1 amide bonds. The second-order valence-electron chi connectivity index (χ2n) is 6.98. The number of aryl methyl sites for hydroxylation is 1. The number of rotatable bonds is 3. The van der Waals surface area contributed by atoms with E-state index in [9.17, 15) is 4.79 Å². The fourth-order valence-corrected chi connectivity index (χ4v) is 3.05. The van der Waals surface area contributed by atoms with Crippen molar-refractivity contribution >= 4 is 35.6 Å². The van der Waals surface area contributed by atoms with Gasteiger partial charge in [0.25, 0.3) is 0 Å². The number of nitrogens with zero attached hydrogens (tertiary/aromatic N) is 1. The molecule has 6 heteroatoms. The molecule has 0 saturated carbocycles. The second kappa shape index (κ2) is 7.84. The van der Waals surface area contributed by atoms with Gasteiger partial charge >= 0.3 is 0 Å². The number of amides is 1. The van der Waals surface area contributed by atoms with E-state index in [0.29, 0.717) is 5.02 Å². The molecule has 1 heterocycles. The number of likely N-dealkylation sites (tertiary alicyclic amines) is 1. The molecule has 0 radical (unpaired) electrons. The summed E-state index contributed by atoms with van der Waals surface area (Å²) in [7, 11) is 0. The standard InChI is InChI=1S/C17H26ClN3O.ClH/c1-11-5-6-13(18)9-14(11)20-16(22)12(2)21-8-7-15(19)17(3,4)10-21;/h5-6,9,12,15H,7-8,10,19H2,1-4H3,(H,20,22);1H. The SMILES string of the molecule is Cc1ccc(Cl)cc1NC(=O)C(C)N1CCC(N)C(C)(C)C1.Cl. The van der Waals surface area contributed by atoms with E-state index >= 15 is 0 Å². The molecule has 1 aliphatic heterocycles. The van der Waals surface area contributed by atoms with Crippen LogP contribution in [0.25, 0.3) is 0 Å². The zero-order valence-electron chi connectivity index (χ0n) is 14.2. The minimum Gasteiger partial charge on any atom is -0.327 e. The fraction of sp³-hybridized carbons (Fsp3) is 0.588. The van der Waals surface area contributed by atoms with Crippen molar-refractivity contribution in [2.45, 2.75) is 46.2 Å². The normalized spacial score (nSPS) is 22.1. The number of halogens is 2. The summed E-state index contributed by atoms with van der Waals surface area (Å²) < 4.78 is 0. The average molecular weight is 360 g/mol. The molecule has 1 saturated heterocycles. The van der Waals surface area contributed by atoms with E-state index in [2.05, 4.69) is 24.1 Å². The van der Waals surface area contributed by atoms with Crippen LogP contribution in [0.5, 0.6) is 0 Å². The fourth-order valence-electron chi connectivity index (χ4n) is 2.88. The average Bonchev–Trinajstić information content (AvgIpc) is 2.45. The molecule has 0 aromatic heterocycles. The maximum Gasteiger partial charge on any atom is 0.241 e. The van der Waals surface area contributed by atoms with Crippen molar-refractivity contribution in [2.75, 3.05) is 18.4 Å². The summed E-state index contributed by atoms with van der Waals surface area (Å²) in [4.78, 5) is 14.7. The van der Waals surface area contributed by atoms with Crippen molar-refractivity contribution in [3.05, 3.63) is 28.8 Å². The first-order valence-electron chi connectivity index (χ1n) is 7.77. The van der Waals surface area contributed by atoms with Crippen LogP contribution in [0.1, 0.15) is 32.8 Å². The van der Waals surface area contributed by atoms with Crippen LogP contribution in [0.2, 0.25) is 5.02 Å². The van der Waals surface area contributed by atoms with E-state index in [0.717, 1.165) is 30.8 Å². The Morgan fingerprint density at radius 2 is 2.13 bits per heavy atom. The third-order valence-electron chi connectivity index (χ3n) is 4.73. The summed E-state index contributed by atoms with van der Waals surface area (Å²) in [6.07, 6.45) is 0.917.